The predicted molar refractivity (Wildman–Crippen MR) is 67.0 cm³/mol. The number of carbonyl (C=O) groups excluding carboxylic acids is 1. The molecule has 0 spiro atoms. The van der Waals surface area contributed by atoms with E-state index in [0.29, 0.717) is 6.42 Å². The third-order valence-corrected chi connectivity index (χ3v) is 2.22. The summed E-state index contributed by atoms with van der Waals surface area (Å²) in [5.74, 6) is -0.964. The summed E-state index contributed by atoms with van der Waals surface area (Å²) in [6, 6.07) is -0.699. The number of ether oxygens (including phenoxy) is 1. The van der Waals surface area contributed by atoms with Crippen LogP contribution in [-0.4, -0.2) is 30.2 Å². The van der Waals surface area contributed by atoms with Crippen molar-refractivity contribution in [3.63, 3.8) is 0 Å². The average molecular weight is 250 g/mol. The maximum Gasteiger partial charge on any atom is 0.320 e. The third-order valence-electron chi connectivity index (χ3n) is 2.22. The number of nitrogens with two attached hydrogens (primary N) is 1. The van der Waals surface area contributed by atoms with Gasteiger partial charge in [0, 0.05) is 6.42 Å². The zero-order valence-corrected chi connectivity index (χ0v) is 11.2. The van der Waals surface area contributed by atoms with Crippen molar-refractivity contribution in [1.82, 2.24) is 6.15 Å². The number of methoxy groups -OCH3 is 1. The molecule has 104 valence electrons. The molecule has 6 nitrogen and oxygen atoms in total. The van der Waals surface area contributed by atoms with Gasteiger partial charge in [-0.15, -0.1) is 0 Å². The molecule has 0 fully saturated rings. The van der Waals surface area contributed by atoms with E-state index >= 15 is 0 Å². The molecule has 0 rings (SSSR count). The quantitative estimate of drug-likeness (QED) is 0.636. The number of esters is 1. The lowest BCUT2D eigenvalue weighted by Crippen LogP contribution is -2.36. The molecule has 6 heteroatoms. The van der Waals surface area contributed by atoms with Crippen LogP contribution in [-0.2, 0) is 14.3 Å². The lowest BCUT2D eigenvalue weighted by molar-refractivity contribution is -0.141. The smallest absolute Gasteiger partial charge is 0.320 e. The molecule has 0 heterocycles. The van der Waals surface area contributed by atoms with Gasteiger partial charge in [0.2, 0.25) is 0 Å². The zero-order valence-electron chi connectivity index (χ0n) is 11.2. The number of carboxylic acid groups (broad SMARTS) is 1. The van der Waals surface area contributed by atoms with Gasteiger partial charge >= 0.3 is 11.9 Å². The lowest BCUT2D eigenvalue weighted by Gasteiger charge is -2.11. The van der Waals surface area contributed by atoms with Crippen molar-refractivity contribution in [3.8, 4) is 0 Å². The van der Waals surface area contributed by atoms with Crippen LogP contribution in [0.4, 0.5) is 0 Å². The van der Waals surface area contributed by atoms with Gasteiger partial charge in [-0.25, -0.2) is 0 Å². The van der Waals surface area contributed by atoms with Gasteiger partial charge in [-0.05, 0) is 12.3 Å². The van der Waals surface area contributed by atoms with Crippen molar-refractivity contribution in [2.24, 2.45) is 11.7 Å². The average Bonchev–Trinajstić information content (AvgIpc) is 2.27. The normalized spacial score (nSPS) is 12.3. The van der Waals surface area contributed by atoms with Crippen molar-refractivity contribution in [1.29, 1.82) is 0 Å². The Balaban J connectivity index is -0.000000224. The summed E-state index contributed by atoms with van der Waals surface area (Å²) in [5.41, 5.74) is 5.27. The van der Waals surface area contributed by atoms with Crippen LogP contribution in [0.2, 0.25) is 0 Å². The maximum absolute atomic E-state index is 10.2. The van der Waals surface area contributed by atoms with Crippen LogP contribution in [0.1, 0.15) is 40.0 Å². The van der Waals surface area contributed by atoms with Gasteiger partial charge in [-0.3, -0.25) is 9.59 Å². The van der Waals surface area contributed by atoms with E-state index < -0.39 is 12.0 Å². The van der Waals surface area contributed by atoms with Crippen molar-refractivity contribution in [2.45, 2.75) is 46.1 Å². The van der Waals surface area contributed by atoms with Gasteiger partial charge in [0.1, 0.15) is 6.04 Å². The Kier molecular flexibility index (Phi) is 16.1. The Labute approximate surface area is 103 Å². The van der Waals surface area contributed by atoms with E-state index in [2.05, 4.69) is 4.74 Å². The van der Waals surface area contributed by atoms with Crippen LogP contribution < -0.4 is 11.9 Å². The fourth-order valence-corrected chi connectivity index (χ4v) is 0.804. The van der Waals surface area contributed by atoms with Crippen LogP contribution in [0.3, 0.4) is 0 Å². The van der Waals surface area contributed by atoms with Crippen LogP contribution in [0.25, 0.3) is 0 Å². The number of hydrogen-bond acceptors (Lipinski definition) is 5. The topological polar surface area (TPSA) is 125 Å². The minimum Gasteiger partial charge on any atom is -0.480 e. The summed E-state index contributed by atoms with van der Waals surface area (Å²) < 4.78 is 4.35. The number of aliphatic carboxylic acids is 1. The highest BCUT2D eigenvalue weighted by Gasteiger charge is 2.17. The van der Waals surface area contributed by atoms with E-state index in [1.807, 2.05) is 20.8 Å². The molecule has 6 N–H and O–H groups in total. The van der Waals surface area contributed by atoms with Gasteiger partial charge in [-0.2, -0.15) is 0 Å². The largest absolute Gasteiger partial charge is 0.480 e. The van der Waals surface area contributed by atoms with E-state index in [1.54, 1.807) is 0 Å². The molecule has 0 bridgehead atoms. The second-order valence-corrected chi connectivity index (χ2v) is 3.58. The van der Waals surface area contributed by atoms with E-state index in [-0.39, 0.29) is 18.0 Å². The molecular formula is C11H26N2O4. The summed E-state index contributed by atoms with van der Waals surface area (Å²) >= 11 is 0. The first-order valence-corrected chi connectivity index (χ1v) is 5.45. The Morgan fingerprint density at radius 1 is 1.35 bits per heavy atom. The molecule has 0 aromatic heterocycles. The van der Waals surface area contributed by atoms with Gasteiger partial charge < -0.3 is 21.7 Å². The summed E-state index contributed by atoms with van der Waals surface area (Å²) in [6.07, 6.45) is 2.22. The molecule has 0 aliphatic heterocycles. The standard InChI is InChI=1S/C6H13NO2.C5H10O2.H3N/c1-3-4(2)5(7)6(8)9;1-3-4-5(6)7-2;/h4-5H,3,7H2,1-2H3,(H,8,9);3-4H2,1-2H3;1H3. The van der Waals surface area contributed by atoms with Crippen molar-refractivity contribution in [3.05, 3.63) is 0 Å². The van der Waals surface area contributed by atoms with Gasteiger partial charge in [-0.1, -0.05) is 27.2 Å². The summed E-state index contributed by atoms with van der Waals surface area (Å²) in [7, 11) is 1.40. The second kappa shape index (κ2) is 12.9. The van der Waals surface area contributed by atoms with Crippen LogP contribution in [0.15, 0.2) is 0 Å². The highest BCUT2D eigenvalue weighted by molar-refractivity contribution is 5.73. The number of carboxylic acids is 1. The molecule has 0 saturated heterocycles. The van der Waals surface area contributed by atoms with Crippen molar-refractivity contribution in [2.75, 3.05) is 7.11 Å². The molecule has 0 aromatic rings. The van der Waals surface area contributed by atoms with Gasteiger partial charge in [0.15, 0.2) is 0 Å². The molecule has 0 aliphatic carbocycles. The fourth-order valence-electron chi connectivity index (χ4n) is 0.804. The van der Waals surface area contributed by atoms with Crippen LogP contribution in [0, 0.1) is 5.92 Å². The molecular weight excluding hydrogens is 224 g/mol. The van der Waals surface area contributed by atoms with Crippen molar-refractivity contribution >= 4 is 11.9 Å². The minimum atomic E-state index is -0.913. The van der Waals surface area contributed by atoms with Gasteiger partial charge in [0.05, 0.1) is 7.11 Å². The fraction of sp³-hybridized carbons (Fsp3) is 0.818. The first-order chi connectivity index (χ1) is 7.40. The highest BCUT2D eigenvalue weighted by atomic mass is 16.5. The van der Waals surface area contributed by atoms with Crippen LogP contribution in [0.5, 0.6) is 0 Å². The van der Waals surface area contributed by atoms with E-state index in [4.69, 9.17) is 10.8 Å². The predicted octanol–water partition coefficient (Wildman–Crippen LogP) is 1.57. The van der Waals surface area contributed by atoms with E-state index in [0.717, 1.165) is 12.8 Å². The highest BCUT2D eigenvalue weighted by Crippen LogP contribution is 2.04. The lowest BCUT2D eigenvalue weighted by atomic mass is 10.0. The second-order valence-electron chi connectivity index (χ2n) is 3.58. The molecule has 17 heavy (non-hydrogen) atoms. The molecule has 0 saturated carbocycles. The first-order valence-electron chi connectivity index (χ1n) is 5.45. The van der Waals surface area contributed by atoms with E-state index in [9.17, 15) is 9.59 Å². The van der Waals surface area contributed by atoms with Crippen molar-refractivity contribution < 1.29 is 19.4 Å². The molecule has 0 aliphatic rings. The molecule has 2 unspecified atom stereocenters. The number of rotatable bonds is 5. The Bertz CT molecular complexity index is 210. The molecule has 2 atom stereocenters. The zero-order chi connectivity index (χ0) is 13.1. The summed E-state index contributed by atoms with van der Waals surface area (Å²) in [5, 5.41) is 8.36. The number of hydrogen-bond donors (Lipinski definition) is 3. The minimum absolute atomic E-state index is 0. The maximum atomic E-state index is 10.2. The van der Waals surface area contributed by atoms with Crippen LogP contribution >= 0.6 is 0 Å². The number of carbonyl (C=O) groups is 2. The molecule has 0 aromatic carbocycles. The Hall–Kier alpha value is -1.14. The van der Waals surface area contributed by atoms with E-state index in [1.165, 1.54) is 7.11 Å². The molecule has 0 amide bonds. The Morgan fingerprint density at radius 3 is 1.94 bits per heavy atom. The third kappa shape index (κ3) is 12.8. The molecule has 0 radical (unpaired) electrons. The first kappa shape index (κ1) is 21.2. The summed E-state index contributed by atoms with van der Waals surface area (Å²) in [4.78, 5) is 20.4. The SMILES string of the molecule is CCC(C)C(N)C(=O)O.CCCC(=O)OC.N. The monoisotopic (exact) mass is 250 g/mol. The van der Waals surface area contributed by atoms with Gasteiger partial charge in [0.25, 0.3) is 0 Å². The summed E-state index contributed by atoms with van der Waals surface area (Å²) in [6.45, 7) is 5.70. The Morgan fingerprint density at radius 2 is 1.82 bits per heavy atom.